The maximum atomic E-state index is 12.4. The number of aliphatic imine (C=N–C) groups is 1. The van der Waals surface area contributed by atoms with E-state index in [1.54, 1.807) is 19.2 Å². The Morgan fingerprint density at radius 2 is 1.88 bits per heavy atom. The monoisotopic (exact) mass is 351 g/mol. The van der Waals surface area contributed by atoms with Gasteiger partial charge in [0.15, 0.2) is 0 Å². The van der Waals surface area contributed by atoms with Crippen molar-refractivity contribution in [2.45, 2.75) is 25.8 Å². The van der Waals surface area contributed by atoms with Crippen molar-refractivity contribution in [2.24, 2.45) is 4.99 Å². The van der Waals surface area contributed by atoms with Crippen LogP contribution in [0.4, 0.5) is 0 Å². The minimum absolute atomic E-state index is 0.173. The van der Waals surface area contributed by atoms with E-state index in [0.717, 1.165) is 23.3 Å². The Morgan fingerprint density at radius 1 is 1.19 bits per heavy atom. The van der Waals surface area contributed by atoms with Crippen LogP contribution in [0.2, 0.25) is 0 Å². The minimum atomic E-state index is -0.340. The van der Waals surface area contributed by atoms with Crippen LogP contribution in [0.5, 0.6) is 5.75 Å². The van der Waals surface area contributed by atoms with Gasteiger partial charge in [0.2, 0.25) is 11.9 Å². The normalized spacial score (nSPS) is 16.5. The second kappa shape index (κ2) is 7.82. The molecule has 134 valence electrons. The molecule has 2 amide bonds. The van der Waals surface area contributed by atoms with Crippen molar-refractivity contribution in [3.05, 3.63) is 65.2 Å². The number of amides is 2. The Hall–Kier alpha value is -3.15. The molecule has 1 aliphatic heterocycles. The van der Waals surface area contributed by atoms with Crippen molar-refractivity contribution in [2.75, 3.05) is 7.11 Å². The molecule has 0 aliphatic carbocycles. The topological polar surface area (TPSA) is 79.8 Å². The van der Waals surface area contributed by atoms with Crippen LogP contribution in [0.15, 0.2) is 53.5 Å². The number of aryl methyl sites for hydroxylation is 1. The molecule has 1 atom stereocenters. The van der Waals surface area contributed by atoms with Gasteiger partial charge < -0.3 is 4.74 Å². The van der Waals surface area contributed by atoms with E-state index in [1.165, 1.54) is 0 Å². The molecule has 0 saturated heterocycles. The van der Waals surface area contributed by atoms with Gasteiger partial charge in [0.1, 0.15) is 5.75 Å². The molecule has 0 bridgehead atoms. The van der Waals surface area contributed by atoms with Crippen LogP contribution in [0, 0.1) is 0 Å². The lowest BCUT2D eigenvalue weighted by Crippen LogP contribution is -2.47. The van der Waals surface area contributed by atoms with Crippen molar-refractivity contribution in [3.63, 3.8) is 0 Å². The van der Waals surface area contributed by atoms with Crippen LogP contribution in [-0.2, 0) is 11.2 Å². The molecule has 3 rings (SSSR count). The van der Waals surface area contributed by atoms with Gasteiger partial charge in [-0.2, -0.15) is 0 Å². The summed E-state index contributed by atoms with van der Waals surface area (Å²) in [6, 6.07) is 14.4. The highest BCUT2D eigenvalue weighted by molar-refractivity contribution is 6.10. The van der Waals surface area contributed by atoms with Gasteiger partial charge in [0.25, 0.3) is 5.91 Å². The zero-order chi connectivity index (χ0) is 18.5. The van der Waals surface area contributed by atoms with Gasteiger partial charge in [0, 0.05) is 5.56 Å². The number of carbonyl (C=O) groups excluding carboxylic acids is 2. The Labute approximate surface area is 152 Å². The lowest BCUT2D eigenvalue weighted by atomic mass is 10.0. The predicted molar refractivity (Wildman–Crippen MR) is 99.2 cm³/mol. The van der Waals surface area contributed by atoms with Gasteiger partial charge >= 0.3 is 0 Å². The van der Waals surface area contributed by atoms with E-state index in [-0.39, 0.29) is 30.2 Å². The van der Waals surface area contributed by atoms with E-state index >= 15 is 0 Å². The molecule has 6 nitrogen and oxygen atoms in total. The molecule has 0 aromatic heterocycles. The number of nitrogens with zero attached hydrogens (tertiary/aromatic N) is 1. The molecule has 26 heavy (non-hydrogen) atoms. The summed E-state index contributed by atoms with van der Waals surface area (Å²) < 4.78 is 5.14. The van der Waals surface area contributed by atoms with Crippen molar-refractivity contribution in [3.8, 4) is 5.75 Å². The minimum Gasteiger partial charge on any atom is -0.497 e. The summed E-state index contributed by atoms with van der Waals surface area (Å²) in [7, 11) is 1.60. The van der Waals surface area contributed by atoms with Gasteiger partial charge in [-0.05, 0) is 41.8 Å². The second-order valence-electron chi connectivity index (χ2n) is 6.02. The highest BCUT2D eigenvalue weighted by Crippen LogP contribution is 2.25. The van der Waals surface area contributed by atoms with Crippen LogP contribution in [0.3, 0.4) is 0 Å². The third-order valence-corrected chi connectivity index (χ3v) is 4.28. The highest BCUT2D eigenvalue weighted by atomic mass is 16.5. The first-order valence-electron chi connectivity index (χ1n) is 8.51. The number of methoxy groups -OCH3 is 1. The third kappa shape index (κ3) is 4.08. The van der Waals surface area contributed by atoms with E-state index in [1.807, 2.05) is 36.4 Å². The zero-order valence-corrected chi connectivity index (χ0v) is 14.8. The summed E-state index contributed by atoms with van der Waals surface area (Å²) in [6.07, 6.45) is 1.14. The van der Waals surface area contributed by atoms with Gasteiger partial charge in [-0.3, -0.25) is 20.2 Å². The van der Waals surface area contributed by atoms with E-state index in [9.17, 15) is 9.59 Å². The number of ether oxygens (including phenoxy) is 1. The smallest absolute Gasteiger partial charge is 0.257 e. The maximum Gasteiger partial charge on any atom is 0.257 e. The Bertz CT molecular complexity index is 826. The van der Waals surface area contributed by atoms with E-state index in [2.05, 4.69) is 22.5 Å². The highest BCUT2D eigenvalue weighted by Gasteiger charge is 2.23. The quantitative estimate of drug-likeness (QED) is 0.889. The SMILES string of the molecule is CCc1ccc(C(=O)NC2=N[C@H](c3ccc(OC)cc3)CC(=O)N2)cc1. The molecule has 6 heteroatoms. The first-order chi connectivity index (χ1) is 12.6. The zero-order valence-electron chi connectivity index (χ0n) is 14.8. The summed E-state index contributed by atoms with van der Waals surface area (Å²) in [6.45, 7) is 2.06. The van der Waals surface area contributed by atoms with Gasteiger partial charge in [-0.15, -0.1) is 0 Å². The summed E-state index contributed by atoms with van der Waals surface area (Å²) in [5, 5.41) is 5.30. The van der Waals surface area contributed by atoms with Crippen molar-refractivity contribution < 1.29 is 14.3 Å². The Kier molecular flexibility index (Phi) is 5.31. The second-order valence-corrected chi connectivity index (χ2v) is 6.02. The predicted octanol–water partition coefficient (Wildman–Crippen LogP) is 2.60. The fourth-order valence-electron chi connectivity index (χ4n) is 2.75. The largest absolute Gasteiger partial charge is 0.497 e. The molecule has 0 unspecified atom stereocenters. The lowest BCUT2D eigenvalue weighted by Gasteiger charge is -2.21. The Balaban J connectivity index is 1.75. The molecule has 0 saturated carbocycles. The number of hydrogen-bond acceptors (Lipinski definition) is 4. The number of guanidine groups is 1. The fraction of sp³-hybridized carbons (Fsp3) is 0.250. The number of nitrogens with one attached hydrogen (secondary N) is 2. The number of benzene rings is 2. The van der Waals surface area contributed by atoms with E-state index in [0.29, 0.717) is 5.56 Å². The van der Waals surface area contributed by atoms with Gasteiger partial charge in [0.05, 0.1) is 19.6 Å². The molecule has 0 radical (unpaired) electrons. The number of carbonyl (C=O) groups is 2. The summed E-state index contributed by atoms with van der Waals surface area (Å²) in [5.74, 6) is 0.424. The van der Waals surface area contributed by atoms with Crippen molar-refractivity contribution >= 4 is 17.8 Å². The first-order valence-corrected chi connectivity index (χ1v) is 8.51. The molecule has 1 aliphatic rings. The lowest BCUT2D eigenvalue weighted by molar-refractivity contribution is -0.120. The number of hydrogen-bond donors (Lipinski definition) is 2. The van der Waals surface area contributed by atoms with Crippen LogP contribution in [0.1, 0.15) is 40.9 Å². The van der Waals surface area contributed by atoms with Crippen LogP contribution in [-0.4, -0.2) is 24.9 Å². The van der Waals surface area contributed by atoms with Gasteiger partial charge in [-0.25, -0.2) is 4.99 Å². The van der Waals surface area contributed by atoms with Crippen LogP contribution >= 0.6 is 0 Å². The van der Waals surface area contributed by atoms with Crippen molar-refractivity contribution in [1.29, 1.82) is 0 Å². The van der Waals surface area contributed by atoms with E-state index in [4.69, 9.17) is 4.74 Å². The first kappa shape index (κ1) is 17.7. The average Bonchev–Trinajstić information content (AvgIpc) is 2.67. The summed E-state index contributed by atoms with van der Waals surface area (Å²) in [5.41, 5.74) is 2.56. The van der Waals surface area contributed by atoms with Crippen LogP contribution in [0.25, 0.3) is 0 Å². The standard InChI is InChI=1S/C20H21N3O3/c1-3-13-4-6-15(7-5-13)19(25)23-20-21-17(12-18(24)22-20)14-8-10-16(26-2)11-9-14/h4-11,17H,3,12H2,1-2H3,(H2,21,22,23,24,25)/t17-/m0/s1. The molecule has 0 spiro atoms. The molecule has 2 aromatic carbocycles. The van der Waals surface area contributed by atoms with Crippen LogP contribution < -0.4 is 15.4 Å². The third-order valence-electron chi connectivity index (χ3n) is 4.28. The average molecular weight is 351 g/mol. The molecule has 2 N–H and O–H groups in total. The Morgan fingerprint density at radius 3 is 2.50 bits per heavy atom. The maximum absolute atomic E-state index is 12.4. The molecule has 1 heterocycles. The molecular weight excluding hydrogens is 330 g/mol. The molecule has 0 fully saturated rings. The summed E-state index contributed by atoms with van der Waals surface area (Å²) >= 11 is 0. The number of rotatable bonds is 4. The molecule has 2 aromatic rings. The fourth-order valence-corrected chi connectivity index (χ4v) is 2.75. The van der Waals surface area contributed by atoms with Gasteiger partial charge in [-0.1, -0.05) is 31.2 Å². The molecular formula is C20H21N3O3. The van der Waals surface area contributed by atoms with E-state index < -0.39 is 0 Å². The van der Waals surface area contributed by atoms with Crippen molar-refractivity contribution in [1.82, 2.24) is 10.6 Å². The summed E-state index contributed by atoms with van der Waals surface area (Å²) in [4.78, 5) is 28.9.